The molecule has 4 heteroatoms. The molecule has 1 rings (SSSR count). The summed E-state index contributed by atoms with van der Waals surface area (Å²) in [6, 6.07) is 0. The van der Waals surface area contributed by atoms with Crippen LogP contribution in [0.2, 0.25) is 0 Å². The van der Waals surface area contributed by atoms with Gasteiger partial charge in [-0.2, -0.15) is 5.10 Å². The summed E-state index contributed by atoms with van der Waals surface area (Å²) in [5.41, 5.74) is 3.69. The van der Waals surface area contributed by atoms with Crippen molar-refractivity contribution in [3.63, 3.8) is 0 Å². The van der Waals surface area contributed by atoms with Crippen molar-refractivity contribution in [2.75, 3.05) is 19.8 Å². The van der Waals surface area contributed by atoms with Crippen LogP contribution in [0.3, 0.4) is 0 Å². The van der Waals surface area contributed by atoms with Crippen LogP contribution in [0, 0.1) is 13.8 Å². The molecule has 17 heavy (non-hydrogen) atoms. The van der Waals surface area contributed by atoms with E-state index in [2.05, 4.69) is 31.2 Å². The molecule has 1 aromatic rings. The van der Waals surface area contributed by atoms with E-state index in [0.717, 1.165) is 44.8 Å². The summed E-state index contributed by atoms with van der Waals surface area (Å²) in [6.45, 7) is 9.94. The van der Waals surface area contributed by atoms with E-state index in [1.54, 1.807) is 0 Å². The highest BCUT2D eigenvalue weighted by molar-refractivity contribution is 5.23. The van der Waals surface area contributed by atoms with Gasteiger partial charge in [0.2, 0.25) is 0 Å². The maximum absolute atomic E-state index is 5.43. The van der Waals surface area contributed by atoms with Crippen molar-refractivity contribution in [1.29, 1.82) is 0 Å². The number of hydrogen-bond donors (Lipinski definition) is 1. The lowest BCUT2D eigenvalue weighted by Gasteiger charge is -2.06. The summed E-state index contributed by atoms with van der Waals surface area (Å²) < 4.78 is 7.37. The Hall–Kier alpha value is -0.870. The van der Waals surface area contributed by atoms with E-state index >= 15 is 0 Å². The van der Waals surface area contributed by atoms with E-state index in [4.69, 9.17) is 4.74 Å². The molecule has 0 aliphatic carbocycles. The molecular weight excluding hydrogens is 214 g/mol. The minimum absolute atomic E-state index is 0.853. The van der Waals surface area contributed by atoms with Gasteiger partial charge in [0.25, 0.3) is 0 Å². The van der Waals surface area contributed by atoms with Crippen LogP contribution < -0.4 is 5.32 Å². The largest absolute Gasteiger partial charge is 0.381 e. The van der Waals surface area contributed by atoms with Crippen molar-refractivity contribution in [2.45, 2.75) is 40.2 Å². The van der Waals surface area contributed by atoms with Gasteiger partial charge in [0.05, 0.1) is 5.69 Å². The molecule has 0 fully saturated rings. The number of rotatable bonds is 8. The zero-order valence-corrected chi connectivity index (χ0v) is 11.5. The topological polar surface area (TPSA) is 39.1 Å². The third-order valence-electron chi connectivity index (χ3n) is 2.95. The molecule has 0 bridgehead atoms. The summed E-state index contributed by atoms with van der Waals surface area (Å²) >= 11 is 0. The normalized spacial score (nSPS) is 11.1. The first-order chi connectivity index (χ1) is 8.16. The van der Waals surface area contributed by atoms with Gasteiger partial charge in [0, 0.05) is 38.1 Å². The lowest BCUT2D eigenvalue weighted by molar-refractivity contribution is 0.132. The number of ether oxygens (including phenoxy) is 1. The van der Waals surface area contributed by atoms with E-state index in [1.165, 1.54) is 11.3 Å². The molecule has 0 atom stereocenters. The average Bonchev–Trinajstić information content (AvgIpc) is 2.54. The Balaban J connectivity index is 2.18. The van der Waals surface area contributed by atoms with E-state index in [1.807, 2.05) is 11.7 Å². The van der Waals surface area contributed by atoms with Crippen molar-refractivity contribution in [2.24, 2.45) is 7.05 Å². The molecule has 98 valence electrons. The second kappa shape index (κ2) is 7.45. The highest BCUT2D eigenvalue weighted by Crippen LogP contribution is 2.10. The van der Waals surface area contributed by atoms with Crippen molar-refractivity contribution < 1.29 is 4.74 Å². The highest BCUT2D eigenvalue weighted by Gasteiger charge is 2.07. The molecule has 0 saturated heterocycles. The highest BCUT2D eigenvalue weighted by atomic mass is 16.5. The van der Waals surface area contributed by atoms with E-state index in [-0.39, 0.29) is 0 Å². The Kier molecular flexibility index (Phi) is 6.22. The lowest BCUT2D eigenvalue weighted by atomic mass is 10.2. The second-order valence-corrected chi connectivity index (χ2v) is 4.42. The van der Waals surface area contributed by atoms with Gasteiger partial charge in [-0.25, -0.2) is 0 Å². The van der Waals surface area contributed by atoms with Crippen LogP contribution in [-0.4, -0.2) is 29.5 Å². The van der Waals surface area contributed by atoms with Gasteiger partial charge in [-0.1, -0.05) is 6.92 Å². The molecule has 0 aliphatic heterocycles. The zero-order valence-electron chi connectivity index (χ0n) is 11.5. The van der Waals surface area contributed by atoms with Crippen LogP contribution in [-0.2, 0) is 18.3 Å². The minimum atomic E-state index is 0.853. The number of aryl methyl sites for hydroxylation is 2. The van der Waals surface area contributed by atoms with Gasteiger partial charge < -0.3 is 10.1 Å². The van der Waals surface area contributed by atoms with E-state index in [9.17, 15) is 0 Å². The molecule has 0 aromatic carbocycles. The molecule has 0 amide bonds. The van der Waals surface area contributed by atoms with Gasteiger partial charge in [-0.05, 0) is 33.2 Å². The smallest absolute Gasteiger partial charge is 0.0641 e. The molecule has 4 nitrogen and oxygen atoms in total. The first kappa shape index (κ1) is 14.2. The monoisotopic (exact) mass is 239 g/mol. The maximum atomic E-state index is 5.43. The Morgan fingerprint density at radius 3 is 2.65 bits per heavy atom. The summed E-state index contributed by atoms with van der Waals surface area (Å²) in [4.78, 5) is 0. The molecular formula is C13H25N3O. The van der Waals surface area contributed by atoms with Crippen molar-refractivity contribution in [1.82, 2.24) is 15.1 Å². The molecule has 0 unspecified atom stereocenters. The number of hydrogen-bond acceptors (Lipinski definition) is 3. The molecule has 1 N–H and O–H groups in total. The maximum Gasteiger partial charge on any atom is 0.0641 e. The fourth-order valence-corrected chi connectivity index (χ4v) is 1.83. The third-order valence-corrected chi connectivity index (χ3v) is 2.95. The number of aromatic nitrogens is 2. The SMILES string of the molecule is CCCOCCCNCc1c(C)nn(C)c1C. The quantitative estimate of drug-likeness (QED) is 0.705. The third kappa shape index (κ3) is 4.48. The van der Waals surface area contributed by atoms with Crippen LogP contribution in [0.1, 0.15) is 36.7 Å². The van der Waals surface area contributed by atoms with Crippen LogP contribution in [0.4, 0.5) is 0 Å². The van der Waals surface area contributed by atoms with Gasteiger partial charge in [0.1, 0.15) is 0 Å². The van der Waals surface area contributed by atoms with Gasteiger partial charge in [-0.15, -0.1) is 0 Å². The first-order valence-corrected chi connectivity index (χ1v) is 6.44. The van der Waals surface area contributed by atoms with Gasteiger partial charge in [-0.3, -0.25) is 4.68 Å². The van der Waals surface area contributed by atoms with Crippen LogP contribution >= 0.6 is 0 Å². The first-order valence-electron chi connectivity index (χ1n) is 6.44. The Bertz CT molecular complexity index is 334. The lowest BCUT2D eigenvalue weighted by Crippen LogP contribution is -2.17. The van der Waals surface area contributed by atoms with Crippen molar-refractivity contribution >= 4 is 0 Å². The van der Waals surface area contributed by atoms with Crippen LogP contribution in [0.5, 0.6) is 0 Å². The number of nitrogens with one attached hydrogen (secondary N) is 1. The van der Waals surface area contributed by atoms with Gasteiger partial charge in [0.15, 0.2) is 0 Å². The zero-order chi connectivity index (χ0) is 12.7. The predicted molar refractivity (Wildman–Crippen MR) is 70.1 cm³/mol. The van der Waals surface area contributed by atoms with Crippen LogP contribution in [0.15, 0.2) is 0 Å². The molecule has 1 aromatic heterocycles. The fourth-order valence-electron chi connectivity index (χ4n) is 1.83. The summed E-state index contributed by atoms with van der Waals surface area (Å²) in [5.74, 6) is 0. The van der Waals surface area contributed by atoms with Crippen LogP contribution in [0.25, 0.3) is 0 Å². The minimum Gasteiger partial charge on any atom is -0.381 e. The molecule has 0 radical (unpaired) electrons. The van der Waals surface area contributed by atoms with E-state index in [0.29, 0.717) is 0 Å². The Morgan fingerprint density at radius 1 is 1.29 bits per heavy atom. The molecule has 0 spiro atoms. The summed E-state index contributed by atoms with van der Waals surface area (Å²) in [5, 5.41) is 7.84. The standard InChI is InChI=1S/C13H25N3O/c1-5-8-17-9-6-7-14-10-13-11(2)15-16(4)12(13)3/h14H,5-10H2,1-4H3. The van der Waals surface area contributed by atoms with Crippen molar-refractivity contribution in [3.05, 3.63) is 17.0 Å². The summed E-state index contributed by atoms with van der Waals surface area (Å²) in [7, 11) is 1.99. The predicted octanol–water partition coefficient (Wildman–Crippen LogP) is 1.94. The fraction of sp³-hybridized carbons (Fsp3) is 0.769. The summed E-state index contributed by atoms with van der Waals surface area (Å²) in [6.07, 6.45) is 2.17. The second-order valence-electron chi connectivity index (χ2n) is 4.42. The molecule has 0 saturated carbocycles. The molecule has 1 heterocycles. The Labute approximate surface area is 104 Å². The van der Waals surface area contributed by atoms with E-state index < -0.39 is 0 Å². The van der Waals surface area contributed by atoms with Gasteiger partial charge >= 0.3 is 0 Å². The van der Waals surface area contributed by atoms with Crippen molar-refractivity contribution in [3.8, 4) is 0 Å². The Morgan fingerprint density at radius 2 is 2.06 bits per heavy atom. The number of nitrogens with zero attached hydrogens (tertiary/aromatic N) is 2. The molecule has 0 aliphatic rings. The average molecular weight is 239 g/mol.